The first-order chi connectivity index (χ1) is 8.49. The molecule has 0 atom stereocenters. The van der Waals surface area contributed by atoms with Crippen molar-refractivity contribution in [2.75, 3.05) is 36.8 Å². The topological polar surface area (TPSA) is 52.7 Å². The summed E-state index contributed by atoms with van der Waals surface area (Å²) in [6, 6.07) is 7.51. The molecule has 0 saturated carbocycles. The van der Waals surface area contributed by atoms with Crippen molar-refractivity contribution in [3.05, 3.63) is 24.3 Å². The van der Waals surface area contributed by atoms with Crippen LogP contribution < -0.4 is 9.62 Å². The minimum absolute atomic E-state index is 0.589. The summed E-state index contributed by atoms with van der Waals surface area (Å²) in [6.45, 7) is 2.17. The first-order valence-electron chi connectivity index (χ1n) is 6.04. The van der Waals surface area contributed by atoms with Crippen molar-refractivity contribution in [3.8, 4) is 0 Å². The van der Waals surface area contributed by atoms with Gasteiger partial charge < -0.3 is 4.90 Å². The Morgan fingerprint density at radius 2 is 1.67 bits per heavy atom. The highest BCUT2D eigenvalue weighted by molar-refractivity contribution is 7.90. The normalized spacial score (nSPS) is 16.3. The van der Waals surface area contributed by atoms with Gasteiger partial charge in [-0.3, -0.25) is 4.72 Å². The molecule has 6 heteroatoms. The van der Waals surface area contributed by atoms with Crippen LogP contribution >= 0.6 is 0 Å². The van der Waals surface area contributed by atoms with Gasteiger partial charge in [0.25, 0.3) is 0 Å². The van der Waals surface area contributed by atoms with Gasteiger partial charge >= 0.3 is 10.2 Å². The van der Waals surface area contributed by atoms with Gasteiger partial charge in [-0.15, -0.1) is 0 Å². The molecule has 0 spiro atoms. The van der Waals surface area contributed by atoms with Crippen molar-refractivity contribution in [1.29, 1.82) is 0 Å². The van der Waals surface area contributed by atoms with Crippen molar-refractivity contribution in [2.24, 2.45) is 0 Å². The van der Waals surface area contributed by atoms with E-state index in [4.69, 9.17) is 0 Å². The zero-order chi connectivity index (χ0) is 13.2. The van der Waals surface area contributed by atoms with Gasteiger partial charge in [0.1, 0.15) is 0 Å². The molecular weight excluding hydrogens is 250 g/mol. The third-order valence-corrected chi connectivity index (χ3v) is 4.52. The van der Waals surface area contributed by atoms with E-state index in [1.165, 1.54) is 26.9 Å². The molecule has 1 N–H and O–H groups in total. The summed E-state index contributed by atoms with van der Waals surface area (Å²) in [7, 11) is -0.412. The van der Waals surface area contributed by atoms with Gasteiger partial charge in [0.2, 0.25) is 0 Å². The van der Waals surface area contributed by atoms with E-state index in [-0.39, 0.29) is 0 Å². The Morgan fingerprint density at radius 1 is 1.11 bits per heavy atom. The largest absolute Gasteiger partial charge is 0.372 e. The van der Waals surface area contributed by atoms with Crippen molar-refractivity contribution in [3.63, 3.8) is 0 Å². The first-order valence-corrected chi connectivity index (χ1v) is 7.48. The molecule has 1 aromatic rings. The maximum Gasteiger partial charge on any atom is 0.301 e. The zero-order valence-electron chi connectivity index (χ0n) is 10.8. The lowest BCUT2D eigenvalue weighted by Crippen LogP contribution is -2.28. The molecule has 0 unspecified atom stereocenters. The van der Waals surface area contributed by atoms with Gasteiger partial charge in [0, 0.05) is 38.6 Å². The zero-order valence-corrected chi connectivity index (χ0v) is 11.6. The highest BCUT2D eigenvalue weighted by Gasteiger charge is 2.14. The predicted molar refractivity (Wildman–Crippen MR) is 74.1 cm³/mol. The fourth-order valence-corrected chi connectivity index (χ4v) is 2.57. The van der Waals surface area contributed by atoms with E-state index in [1.54, 1.807) is 12.1 Å². The van der Waals surface area contributed by atoms with E-state index >= 15 is 0 Å². The molecule has 18 heavy (non-hydrogen) atoms. The van der Waals surface area contributed by atoms with Gasteiger partial charge in [0.05, 0.1) is 0 Å². The van der Waals surface area contributed by atoms with Crippen LogP contribution in [0.1, 0.15) is 12.8 Å². The quantitative estimate of drug-likeness (QED) is 0.901. The molecule has 100 valence electrons. The molecule has 0 aliphatic carbocycles. The highest BCUT2D eigenvalue weighted by atomic mass is 32.2. The van der Waals surface area contributed by atoms with Gasteiger partial charge in [-0.25, -0.2) is 0 Å². The van der Waals surface area contributed by atoms with E-state index in [2.05, 4.69) is 9.62 Å². The lowest BCUT2D eigenvalue weighted by atomic mass is 10.2. The third-order valence-electron chi connectivity index (χ3n) is 3.07. The molecule has 0 aromatic heterocycles. The van der Waals surface area contributed by atoms with Gasteiger partial charge in [-0.2, -0.15) is 12.7 Å². The Balaban J connectivity index is 2.08. The van der Waals surface area contributed by atoms with Crippen LogP contribution in [0, 0.1) is 0 Å². The first kappa shape index (κ1) is 13.2. The summed E-state index contributed by atoms with van der Waals surface area (Å²) in [5.74, 6) is 0. The van der Waals surface area contributed by atoms with Crippen LogP contribution in [-0.2, 0) is 10.2 Å². The second-order valence-electron chi connectivity index (χ2n) is 4.63. The molecule has 1 aliphatic heterocycles. The number of anilines is 2. The Labute approximate surface area is 109 Å². The van der Waals surface area contributed by atoms with Gasteiger partial charge in [-0.05, 0) is 37.1 Å². The molecule has 0 bridgehead atoms. The predicted octanol–water partition coefficient (Wildman–Crippen LogP) is 1.51. The minimum Gasteiger partial charge on any atom is -0.372 e. The van der Waals surface area contributed by atoms with Crippen molar-refractivity contribution in [2.45, 2.75) is 12.8 Å². The van der Waals surface area contributed by atoms with E-state index in [1.807, 2.05) is 12.1 Å². The molecule has 0 amide bonds. The summed E-state index contributed by atoms with van der Waals surface area (Å²) in [6.07, 6.45) is 2.46. The number of hydrogen-bond acceptors (Lipinski definition) is 3. The monoisotopic (exact) mass is 269 g/mol. The lowest BCUT2D eigenvalue weighted by molar-refractivity contribution is 0.527. The second kappa shape index (κ2) is 5.16. The molecule has 0 radical (unpaired) electrons. The van der Waals surface area contributed by atoms with Crippen LogP contribution in [0.5, 0.6) is 0 Å². The van der Waals surface area contributed by atoms with Crippen LogP contribution in [0.3, 0.4) is 0 Å². The Hall–Kier alpha value is -1.27. The van der Waals surface area contributed by atoms with Crippen LogP contribution in [-0.4, -0.2) is 39.9 Å². The molecule has 1 aromatic carbocycles. The number of nitrogens with one attached hydrogen (secondary N) is 1. The average Bonchev–Trinajstić information content (AvgIpc) is 2.83. The molecule has 1 fully saturated rings. The number of benzene rings is 1. The Kier molecular flexibility index (Phi) is 3.77. The summed E-state index contributed by atoms with van der Waals surface area (Å²) >= 11 is 0. The minimum atomic E-state index is -3.41. The van der Waals surface area contributed by atoms with Crippen LogP contribution in [0.2, 0.25) is 0 Å². The summed E-state index contributed by atoms with van der Waals surface area (Å²) in [5, 5.41) is 0. The molecule has 1 saturated heterocycles. The number of hydrogen-bond donors (Lipinski definition) is 1. The molecule has 1 aliphatic rings. The van der Waals surface area contributed by atoms with Crippen molar-refractivity contribution < 1.29 is 8.42 Å². The summed E-state index contributed by atoms with van der Waals surface area (Å²) in [4.78, 5) is 2.31. The third kappa shape index (κ3) is 2.94. The van der Waals surface area contributed by atoms with Gasteiger partial charge in [-0.1, -0.05) is 0 Å². The maximum atomic E-state index is 11.6. The van der Waals surface area contributed by atoms with Crippen LogP contribution in [0.4, 0.5) is 11.4 Å². The molecule has 5 nitrogen and oxygen atoms in total. The van der Waals surface area contributed by atoms with Crippen LogP contribution in [0.25, 0.3) is 0 Å². The lowest BCUT2D eigenvalue weighted by Gasteiger charge is -2.18. The average molecular weight is 269 g/mol. The Morgan fingerprint density at radius 3 is 2.17 bits per heavy atom. The number of rotatable bonds is 4. The SMILES string of the molecule is CN(C)S(=O)(=O)Nc1ccc(N2CCCC2)cc1. The summed E-state index contributed by atoms with van der Waals surface area (Å²) in [5.41, 5.74) is 1.74. The van der Waals surface area contributed by atoms with E-state index < -0.39 is 10.2 Å². The molecular formula is C12H19N3O2S. The van der Waals surface area contributed by atoms with Gasteiger partial charge in [0.15, 0.2) is 0 Å². The fraction of sp³-hybridized carbons (Fsp3) is 0.500. The fourth-order valence-electron chi connectivity index (χ4n) is 1.96. The standard InChI is InChI=1S/C12H19N3O2S/c1-14(2)18(16,17)13-11-5-7-12(8-6-11)15-9-3-4-10-15/h5-8,13H,3-4,9-10H2,1-2H3. The molecule has 1 heterocycles. The Bertz CT molecular complexity index is 491. The number of nitrogens with zero attached hydrogens (tertiary/aromatic N) is 2. The smallest absolute Gasteiger partial charge is 0.301 e. The van der Waals surface area contributed by atoms with Crippen molar-refractivity contribution in [1.82, 2.24) is 4.31 Å². The van der Waals surface area contributed by atoms with E-state index in [0.29, 0.717) is 5.69 Å². The van der Waals surface area contributed by atoms with E-state index in [9.17, 15) is 8.42 Å². The van der Waals surface area contributed by atoms with Crippen molar-refractivity contribution >= 4 is 21.6 Å². The summed E-state index contributed by atoms with van der Waals surface area (Å²) < 4.78 is 27.0. The van der Waals surface area contributed by atoms with E-state index in [0.717, 1.165) is 23.1 Å². The maximum absolute atomic E-state index is 11.6. The second-order valence-corrected chi connectivity index (χ2v) is 6.52. The molecule has 2 rings (SSSR count). The van der Waals surface area contributed by atoms with Crippen LogP contribution in [0.15, 0.2) is 24.3 Å². The highest BCUT2D eigenvalue weighted by Crippen LogP contribution is 2.22.